The molecule has 5 heteroatoms. The van der Waals surface area contributed by atoms with Crippen LogP contribution in [0, 0.1) is 0 Å². The molecule has 0 atom stereocenters. The van der Waals surface area contributed by atoms with Crippen molar-refractivity contribution >= 4 is 11.8 Å². The van der Waals surface area contributed by atoms with Gasteiger partial charge in [0.05, 0.1) is 6.54 Å². The molecule has 0 aromatic heterocycles. The van der Waals surface area contributed by atoms with Gasteiger partial charge in [-0.05, 0) is 20.3 Å². The predicted molar refractivity (Wildman–Crippen MR) is 59.2 cm³/mol. The molecule has 0 rings (SSSR count). The molecule has 0 aromatic carbocycles. The smallest absolute Gasteiger partial charge is 0.239 e. The van der Waals surface area contributed by atoms with Gasteiger partial charge in [-0.25, -0.2) is 0 Å². The maximum atomic E-state index is 11.5. The topological polar surface area (TPSA) is 75.4 Å². The standard InChI is InChI=1S/C10H21N3O2/c1-10(2,11)6-5-9(15)13(4)7-8(14)12-3/h5-7,11H2,1-4H3,(H,12,14). The lowest BCUT2D eigenvalue weighted by molar-refractivity contribution is -0.134. The molecule has 0 bridgehead atoms. The number of nitrogens with one attached hydrogen (secondary N) is 1. The highest BCUT2D eigenvalue weighted by molar-refractivity contribution is 5.84. The highest BCUT2D eigenvalue weighted by atomic mass is 16.2. The van der Waals surface area contributed by atoms with Gasteiger partial charge in [0.2, 0.25) is 11.8 Å². The molecule has 0 fully saturated rings. The van der Waals surface area contributed by atoms with Crippen LogP contribution in [-0.4, -0.2) is 42.9 Å². The van der Waals surface area contributed by atoms with Crippen molar-refractivity contribution in [3.8, 4) is 0 Å². The monoisotopic (exact) mass is 215 g/mol. The molecule has 88 valence electrons. The van der Waals surface area contributed by atoms with Crippen LogP contribution in [0.1, 0.15) is 26.7 Å². The Morgan fingerprint density at radius 2 is 1.93 bits per heavy atom. The quantitative estimate of drug-likeness (QED) is 0.661. The van der Waals surface area contributed by atoms with Crippen LogP contribution in [-0.2, 0) is 9.59 Å². The van der Waals surface area contributed by atoms with Crippen molar-refractivity contribution in [2.75, 3.05) is 20.6 Å². The van der Waals surface area contributed by atoms with Crippen LogP contribution in [0.25, 0.3) is 0 Å². The molecule has 0 saturated carbocycles. The van der Waals surface area contributed by atoms with E-state index >= 15 is 0 Å². The molecule has 15 heavy (non-hydrogen) atoms. The van der Waals surface area contributed by atoms with Gasteiger partial charge < -0.3 is 16.0 Å². The zero-order chi connectivity index (χ0) is 12.1. The zero-order valence-corrected chi connectivity index (χ0v) is 9.96. The first-order valence-electron chi connectivity index (χ1n) is 4.99. The summed E-state index contributed by atoms with van der Waals surface area (Å²) in [5.74, 6) is -0.227. The largest absolute Gasteiger partial charge is 0.358 e. The van der Waals surface area contributed by atoms with Gasteiger partial charge in [0.15, 0.2) is 0 Å². The van der Waals surface area contributed by atoms with Crippen molar-refractivity contribution in [1.29, 1.82) is 0 Å². The molecule has 0 spiro atoms. The summed E-state index contributed by atoms with van der Waals surface area (Å²) in [4.78, 5) is 23.9. The van der Waals surface area contributed by atoms with E-state index in [2.05, 4.69) is 5.32 Å². The Morgan fingerprint density at radius 3 is 2.33 bits per heavy atom. The second-order valence-electron chi connectivity index (χ2n) is 4.41. The van der Waals surface area contributed by atoms with E-state index < -0.39 is 0 Å². The minimum atomic E-state index is -0.344. The van der Waals surface area contributed by atoms with Crippen LogP contribution in [0.15, 0.2) is 0 Å². The van der Waals surface area contributed by atoms with Gasteiger partial charge in [-0.1, -0.05) is 0 Å². The number of amides is 2. The Labute approximate surface area is 91.0 Å². The van der Waals surface area contributed by atoms with E-state index in [4.69, 9.17) is 5.73 Å². The third-order valence-corrected chi connectivity index (χ3v) is 2.07. The molecule has 0 unspecified atom stereocenters. The van der Waals surface area contributed by atoms with E-state index in [-0.39, 0.29) is 23.9 Å². The fourth-order valence-electron chi connectivity index (χ4n) is 1.00. The Morgan fingerprint density at radius 1 is 1.40 bits per heavy atom. The Kier molecular flexibility index (Phi) is 5.28. The zero-order valence-electron chi connectivity index (χ0n) is 9.96. The number of hydrogen-bond acceptors (Lipinski definition) is 3. The average Bonchev–Trinajstić information content (AvgIpc) is 2.12. The van der Waals surface area contributed by atoms with Gasteiger partial charge >= 0.3 is 0 Å². The van der Waals surface area contributed by atoms with E-state index in [0.29, 0.717) is 12.8 Å². The second kappa shape index (κ2) is 5.70. The van der Waals surface area contributed by atoms with Crippen LogP contribution >= 0.6 is 0 Å². The molecule has 0 radical (unpaired) electrons. The maximum absolute atomic E-state index is 11.5. The highest BCUT2D eigenvalue weighted by Gasteiger charge is 2.16. The molecule has 5 nitrogen and oxygen atoms in total. The first-order valence-corrected chi connectivity index (χ1v) is 4.99. The predicted octanol–water partition coefficient (Wildman–Crippen LogP) is -0.292. The molecule has 0 aliphatic carbocycles. The number of carbonyl (C=O) groups is 2. The van der Waals surface area contributed by atoms with Gasteiger partial charge in [0.25, 0.3) is 0 Å². The van der Waals surface area contributed by atoms with Crippen molar-refractivity contribution in [2.45, 2.75) is 32.2 Å². The van der Waals surface area contributed by atoms with E-state index in [9.17, 15) is 9.59 Å². The molecule has 0 aromatic rings. The number of carbonyl (C=O) groups excluding carboxylic acids is 2. The summed E-state index contributed by atoms with van der Waals surface area (Å²) < 4.78 is 0. The van der Waals surface area contributed by atoms with Crippen LogP contribution in [0.4, 0.5) is 0 Å². The molecular formula is C10H21N3O2. The van der Waals surface area contributed by atoms with E-state index in [1.807, 2.05) is 13.8 Å². The number of nitrogens with zero attached hydrogens (tertiary/aromatic N) is 1. The number of rotatable bonds is 5. The number of likely N-dealkylation sites (N-methyl/N-ethyl adjacent to an activating group) is 2. The number of hydrogen-bond donors (Lipinski definition) is 2. The lowest BCUT2D eigenvalue weighted by atomic mass is 10.00. The van der Waals surface area contributed by atoms with Crippen molar-refractivity contribution < 1.29 is 9.59 Å². The van der Waals surface area contributed by atoms with Crippen molar-refractivity contribution in [3.05, 3.63) is 0 Å². The summed E-state index contributed by atoms with van der Waals surface area (Å²) in [6.45, 7) is 3.85. The van der Waals surface area contributed by atoms with E-state index in [1.165, 1.54) is 4.90 Å². The van der Waals surface area contributed by atoms with Gasteiger partial charge in [0, 0.05) is 26.1 Å². The molecule has 3 N–H and O–H groups in total. The minimum absolute atomic E-state index is 0.0582. The molecule has 0 saturated heterocycles. The number of nitrogens with two attached hydrogens (primary N) is 1. The van der Waals surface area contributed by atoms with Crippen LogP contribution in [0.5, 0.6) is 0 Å². The van der Waals surface area contributed by atoms with Crippen molar-refractivity contribution in [3.63, 3.8) is 0 Å². The van der Waals surface area contributed by atoms with Crippen LogP contribution < -0.4 is 11.1 Å². The van der Waals surface area contributed by atoms with Gasteiger partial charge in [-0.3, -0.25) is 9.59 Å². The lowest BCUT2D eigenvalue weighted by Crippen LogP contribution is -2.39. The molecule has 0 aliphatic heterocycles. The van der Waals surface area contributed by atoms with Crippen molar-refractivity contribution in [1.82, 2.24) is 10.2 Å². The first kappa shape index (κ1) is 13.9. The maximum Gasteiger partial charge on any atom is 0.239 e. The molecule has 0 aliphatic rings. The van der Waals surface area contributed by atoms with E-state index in [1.54, 1.807) is 14.1 Å². The van der Waals surface area contributed by atoms with Crippen LogP contribution in [0.2, 0.25) is 0 Å². The summed E-state index contributed by atoms with van der Waals surface area (Å²) in [6.07, 6.45) is 0.987. The van der Waals surface area contributed by atoms with Gasteiger partial charge in [-0.2, -0.15) is 0 Å². The summed E-state index contributed by atoms with van der Waals surface area (Å²) in [6, 6.07) is 0. The lowest BCUT2D eigenvalue weighted by Gasteiger charge is -2.21. The third-order valence-electron chi connectivity index (χ3n) is 2.07. The Hall–Kier alpha value is -1.10. The normalized spacial score (nSPS) is 11.0. The Bertz CT molecular complexity index is 233. The summed E-state index contributed by atoms with van der Waals surface area (Å²) in [5, 5.41) is 2.47. The van der Waals surface area contributed by atoms with E-state index in [0.717, 1.165) is 0 Å². The summed E-state index contributed by atoms with van der Waals surface area (Å²) in [5.41, 5.74) is 5.42. The SMILES string of the molecule is CNC(=O)CN(C)C(=O)CCC(C)(C)N. The first-order chi connectivity index (χ1) is 6.76. The van der Waals surface area contributed by atoms with Crippen LogP contribution in [0.3, 0.4) is 0 Å². The molecule has 0 heterocycles. The summed E-state index contributed by atoms with van der Waals surface area (Å²) in [7, 11) is 3.16. The third kappa shape index (κ3) is 6.90. The van der Waals surface area contributed by atoms with Gasteiger partial charge in [0.1, 0.15) is 0 Å². The average molecular weight is 215 g/mol. The second-order valence-corrected chi connectivity index (χ2v) is 4.41. The fraction of sp³-hybridized carbons (Fsp3) is 0.800. The fourth-order valence-corrected chi connectivity index (χ4v) is 1.00. The summed E-state index contributed by atoms with van der Waals surface area (Å²) >= 11 is 0. The molecular weight excluding hydrogens is 194 g/mol. The minimum Gasteiger partial charge on any atom is -0.358 e. The molecule has 2 amide bonds. The Balaban J connectivity index is 3.95. The van der Waals surface area contributed by atoms with Gasteiger partial charge in [-0.15, -0.1) is 0 Å². The highest BCUT2D eigenvalue weighted by Crippen LogP contribution is 2.08. The van der Waals surface area contributed by atoms with Crippen molar-refractivity contribution in [2.24, 2.45) is 5.73 Å².